The molecule has 0 atom stereocenters. The maximum absolute atomic E-state index is 5.44. The average Bonchev–Trinajstić information content (AvgIpc) is 2.69. The largest absolute Gasteiger partial charge is 0.497 e. The zero-order chi connectivity index (χ0) is 18.4. The fraction of sp³-hybridized carbons (Fsp3) is 0.250. The van der Waals surface area contributed by atoms with Crippen LogP contribution in [0.15, 0.2) is 48.9 Å². The van der Waals surface area contributed by atoms with Crippen molar-refractivity contribution in [1.29, 1.82) is 0 Å². The quantitative estimate of drug-likeness (QED) is 0.703. The average molecular weight is 350 g/mol. The van der Waals surface area contributed by atoms with Gasteiger partial charge in [0.15, 0.2) is 0 Å². The van der Waals surface area contributed by atoms with Crippen molar-refractivity contribution >= 4 is 5.82 Å². The molecule has 0 saturated carbocycles. The van der Waals surface area contributed by atoms with E-state index < -0.39 is 0 Å². The van der Waals surface area contributed by atoms with Crippen LogP contribution in [0, 0.1) is 6.92 Å². The number of aryl methyl sites for hydroxylation is 1. The minimum absolute atomic E-state index is 0.727. The van der Waals surface area contributed by atoms with Crippen LogP contribution in [0.1, 0.15) is 11.3 Å². The van der Waals surface area contributed by atoms with Crippen LogP contribution in [0.4, 0.5) is 5.82 Å². The third-order valence-electron chi connectivity index (χ3n) is 4.07. The summed E-state index contributed by atoms with van der Waals surface area (Å²) in [5.41, 5.74) is 3.90. The topological polar surface area (TPSA) is 69.2 Å². The van der Waals surface area contributed by atoms with Gasteiger partial charge in [0.25, 0.3) is 0 Å². The van der Waals surface area contributed by atoms with Gasteiger partial charge in [0.05, 0.1) is 19.9 Å². The fourth-order valence-corrected chi connectivity index (χ4v) is 2.61. The van der Waals surface area contributed by atoms with Crippen LogP contribution >= 0.6 is 0 Å². The van der Waals surface area contributed by atoms with Gasteiger partial charge in [-0.3, -0.25) is 4.98 Å². The molecule has 2 aromatic heterocycles. The van der Waals surface area contributed by atoms with E-state index in [1.54, 1.807) is 20.5 Å². The smallest absolute Gasteiger partial charge is 0.129 e. The first-order chi connectivity index (χ1) is 12.7. The number of nitrogens with one attached hydrogen (secondary N) is 1. The van der Waals surface area contributed by atoms with E-state index in [1.807, 2.05) is 49.5 Å². The highest BCUT2D eigenvalue weighted by atomic mass is 16.5. The zero-order valence-corrected chi connectivity index (χ0v) is 15.2. The summed E-state index contributed by atoms with van der Waals surface area (Å²) in [6.45, 7) is 2.69. The third kappa shape index (κ3) is 4.27. The maximum Gasteiger partial charge on any atom is 0.129 e. The van der Waals surface area contributed by atoms with Crippen LogP contribution in [0.2, 0.25) is 0 Å². The lowest BCUT2D eigenvalue weighted by atomic mass is 10.1. The van der Waals surface area contributed by atoms with Crippen LogP contribution < -0.4 is 14.8 Å². The molecule has 6 nitrogen and oxygen atoms in total. The molecule has 3 rings (SSSR count). The Bertz CT molecular complexity index is 866. The summed E-state index contributed by atoms with van der Waals surface area (Å²) in [4.78, 5) is 12.9. The first kappa shape index (κ1) is 17.7. The van der Waals surface area contributed by atoms with Crippen LogP contribution in [-0.4, -0.2) is 35.7 Å². The molecular formula is C20H22N4O2. The Morgan fingerprint density at radius 2 is 1.85 bits per heavy atom. The van der Waals surface area contributed by atoms with Gasteiger partial charge >= 0.3 is 0 Å². The molecule has 0 unspecified atom stereocenters. The van der Waals surface area contributed by atoms with Crippen molar-refractivity contribution in [1.82, 2.24) is 15.0 Å². The number of pyridine rings is 1. The Balaban J connectivity index is 1.65. The number of benzene rings is 1. The number of ether oxygens (including phenoxy) is 2. The fourth-order valence-electron chi connectivity index (χ4n) is 2.61. The van der Waals surface area contributed by atoms with Crippen LogP contribution in [0.25, 0.3) is 11.3 Å². The second kappa shape index (κ2) is 8.29. The number of hydrogen-bond acceptors (Lipinski definition) is 6. The number of methoxy groups -OCH3 is 2. The zero-order valence-electron chi connectivity index (χ0n) is 15.2. The van der Waals surface area contributed by atoms with Crippen LogP contribution in [-0.2, 0) is 6.42 Å². The van der Waals surface area contributed by atoms with Gasteiger partial charge in [0.2, 0.25) is 0 Å². The lowest BCUT2D eigenvalue weighted by molar-refractivity contribution is 0.391. The third-order valence-corrected chi connectivity index (χ3v) is 4.07. The van der Waals surface area contributed by atoms with E-state index in [9.17, 15) is 0 Å². The lowest BCUT2D eigenvalue weighted by Crippen LogP contribution is -2.07. The molecule has 0 bridgehead atoms. The molecule has 3 aromatic rings. The summed E-state index contributed by atoms with van der Waals surface area (Å²) in [6.07, 6.45) is 4.19. The molecule has 0 aliphatic heterocycles. The Hall–Kier alpha value is -3.15. The molecule has 0 fully saturated rings. The van der Waals surface area contributed by atoms with Gasteiger partial charge in [-0.25, -0.2) is 9.97 Å². The Morgan fingerprint density at radius 3 is 2.58 bits per heavy atom. The molecule has 0 radical (unpaired) electrons. The summed E-state index contributed by atoms with van der Waals surface area (Å²) in [5, 5.41) is 3.34. The second-order valence-electron chi connectivity index (χ2n) is 5.83. The van der Waals surface area contributed by atoms with E-state index >= 15 is 0 Å². The van der Waals surface area contributed by atoms with E-state index in [2.05, 4.69) is 20.3 Å². The molecule has 2 heterocycles. The number of aromatic nitrogens is 3. The number of rotatable bonds is 7. The number of anilines is 1. The monoisotopic (exact) mass is 350 g/mol. The van der Waals surface area contributed by atoms with Crippen molar-refractivity contribution in [2.24, 2.45) is 0 Å². The highest BCUT2D eigenvalue weighted by Gasteiger charge is 2.06. The summed E-state index contributed by atoms with van der Waals surface area (Å²) in [6, 6.07) is 11.8. The van der Waals surface area contributed by atoms with Crippen molar-refractivity contribution in [2.75, 3.05) is 26.1 Å². The summed E-state index contributed by atoms with van der Waals surface area (Å²) < 4.78 is 10.7. The first-order valence-corrected chi connectivity index (χ1v) is 8.39. The minimum atomic E-state index is 0.727. The van der Waals surface area contributed by atoms with Crippen molar-refractivity contribution < 1.29 is 9.47 Å². The lowest BCUT2D eigenvalue weighted by Gasteiger charge is -2.11. The maximum atomic E-state index is 5.44. The molecule has 0 spiro atoms. The highest BCUT2D eigenvalue weighted by Crippen LogP contribution is 2.25. The Morgan fingerprint density at radius 1 is 0.962 bits per heavy atom. The van der Waals surface area contributed by atoms with Gasteiger partial charge in [0.1, 0.15) is 23.6 Å². The normalized spacial score (nSPS) is 10.4. The SMILES string of the molecule is COc1ccc(CCNc2cc(-c3ccc(C)nc3)ncn2)c(OC)c1. The minimum Gasteiger partial charge on any atom is -0.497 e. The molecule has 0 aliphatic rings. The van der Waals surface area contributed by atoms with E-state index in [1.165, 1.54) is 0 Å². The van der Waals surface area contributed by atoms with Crippen molar-refractivity contribution in [3.05, 3.63) is 60.2 Å². The summed E-state index contributed by atoms with van der Waals surface area (Å²) in [5.74, 6) is 2.38. The molecule has 0 saturated heterocycles. The van der Waals surface area contributed by atoms with Crippen molar-refractivity contribution in [3.63, 3.8) is 0 Å². The molecule has 6 heteroatoms. The van der Waals surface area contributed by atoms with Gasteiger partial charge in [-0.1, -0.05) is 6.07 Å². The Kier molecular flexibility index (Phi) is 5.63. The standard InChI is InChI=1S/C20H22N4O2/c1-14-4-5-16(12-22-14)18-11-20(24-13-23-18)21-9-8-15-6-7-17(25-2)10-19(15)26-3/h4-7,10-13H,8-9H2,1-3H3,(H,21,23,24). The van der Waals surface area contributed by atoms with Gasteiger partial charge in [0, 0.05) is 36.1 Å². The summed E-state index contributed by atoms with van der Waals surface area (Å²) >= 11 is 0. The highest BCUT2D eigenvalue weighted by molar-refractivity contribution is 5.61. The van der Waals surface area contributed by atoms with Crippen LogP contribution in [0.3, 0.4) is 0 Å². The van der Waals surface area contributed by atoms with Gasteiger partial charge in [-0.15, -0.1) is 0 Å². The van der Waals surface area contributed by atoms with Crippen molar-refractivity contribution in [2.45, 2.75) is 13.3 Å². The predicted molar refractivity (Wildman–Crippen MR) is 102 cm³/mol. The van der Waals surface area contributed by atoms with E-state index in [0.29, 0.717) is 0 Å². The van der Waals surface area contributed by atoms with E-state index in [-0.39, 0.29) is 0 Å². The second-order valence-corrected chi connectivity index (χ2v) is 5.83. The molecule has 0 amide bonds. The summed E-state index contributed by atoms with van der Waals surface area (Å²) in [7, 11) is 3.31. The number of hydrogen-bond donors (Lipinski definition) is 1. The first-order valence-electron chi connectivity index (χ1n) is 8.39. The van der Waals surface area contributed by atoms with E-state index in [0.717, 1.165) is 52.8 Å². The molecule has 1 N–H and O–H groups in total. The molecule has 26 heavy (non-hydrogen) atoms. The van der Waals surface area contributed by atoms with Crippen molar-refractivity contribution in [3.8, 4) is 22.8 Å². The van der Waals surface area contributed by atoms with Crippen LogP contribution in [0.5, 0.6) is 11.5 Å². The van der Waals surface area contributed by atoms with Gasteiger partial charge in [-0.05, 0) is 37.1 Å². The van der Waals surface area contributed by atoms with E-state index in [4.69, 9.17) is 9.47 Å². The molecular weight excluding hydrogens is 328 g/mol. The Labute approximate surface area is 153 Å². The molecule has 1 aromatic carbocycles. The number of nitrogens with zero attached hydrogens (tertiary/aromatic N) is 3. The van der Waals surface area contributed by atoms with Gasteiger partial charge < -0.3 is 14.8 Å². The predicted octanol–water partition coefficient (Wildman–Crippen LogP) is 3.52. The molecule has 134 valence electrons. The van der Waals surface area contributed by atoms with Gasteiger partial charge in [-0.2, -0.15) is 0 Å². The molecule has 0 aliphatic carbocycles.